The van der Waals surface area contributed by atoms with Crippen molar-refractivity contribution in [1.29, 1.82) is 0 Å². The average molecular weight is 406 g/mol. The van der Waals surface area contributed by atoms with Crippen LogP contribution < -0.4 is 9.47 Å². The maximum atomic E-state index is 12.3. The molecular formula is C24H26N2O4. The molecule has 0 aliphatic rings. The normalized spacial score (nSPS) is 11.0. The second-order valence-corrected chi connectivity index (χ2v) is 6.91. The van der Waals surface area contributed by atoms with E-state index in [1.807, 2.05) is 67.9 Å². The Labute approximate surface area is 176 Å². The molecule has 156 valence electrons. The fourth-order valence-electron chi connectivity index (χ4n) is 3.24. The summed E-state index contributed by atoms with van der Waals surface area (Å²) in [7, 11) is 3.16. The van der Waals surface area contributed by atoms with Crippen molar-refractivity contribution in [2.45, 2.75) is 27.4 Å². The van der Waals surface area contributed by atoms with Gasteiger partial charge in [-0.1, -0.05) is 18.2 Å². The van der Waals surface area contributed by atoms with Gasteiger partial charge in [-0.15, -0.1) is 0 Å². The number of ether oxygens (including phenoxy) is 3. The molecule has 6 nitrogen and oxygen atoms in total. The first kappa shape index (κ1) is 21.2. The Balaban J connectivity index is 1.71. The van der Waals surface area contributed by atoms with Crippen LogP contribution in [0.1, 0.15) is 28.1 Å². The quantitative estimate of drug-likeness (QED) is 0.425. The Bertz CT molecular complexity index is 1070. The summed E-state index contributed by atoms with van der Waals surface area (Å²) in [6.07, 6.45) is 3.18. The lowest BCUT2D eigenvalue weighted by Crippen LogP contribution is -2.03. The number of carbonyl (C=O) groups excluding carboxylic acids is 1. The average Bonchev–Trinajstić information content (AvgIpc) is 3.05. The molecule has 0 saturated heterocycles. The molecule has 0 radical (unpaired) electrons. The molecule has 0 N–H and O–H groups in total. The van der Waals surface area contributed by atoms with Crippen molar-refractivity contribution in [3.8, 4) is 17.2 Å². The van der Waals surface area contributed by atoms with Gasteiger partial charge in [-0.25, -0.2) is 9.48 Å². The third-order valence-electron chi connectivity index (χ3n) is 4.95. The third kappa shape index (κ3) is 4.54. The Morgan fingerprint density at radius 2 is 1.70 bits per heavy atom. The highest BCUT2D eigenvalue weighted by Crippen LogP contribution is 2.30. The number of methoxy groups -OCH3 is 2. The van der Waals surface area contributed by atoms with Crippen molar-refractivity contribution in [1.82, 2.24) is 9.78 Å². The topological polar surface area (TPSA) is 62.6 Å². The maximum Gasteiger partial charge on any atom is 0.331 e. The molecule has 3 aromatic rings. The number of carbonyl (C=O) groups is 1. The van der Waals surface area contributed by atoms with E-state index in [1.165, 1.54) is 6.08 Å². The number of para-hydroxylation sites is 1. The van der Waals surface area contributed by atoms with E-state index in [4.69, 9.17) is 14.2 Å². The summed E-state index contributed by atoms with van der Waals surface area (Å²) in [6, 6.07) is 13.6. The fraction of sp³-hybridized carbons (Fsp3) is 0.250. The Hall–Kier alpha value is -3.54. The first-order valence-electron chi connectivity index (χ1n) is 9.62. The molecular weight excluding hydrogens is 380 g/mol. The Kier molecular flexibility index (Phi) is 6.57. The van der Waals surface area contributed by atoms with Gasteiger partial charge in [-0.2, -0.15) is 5.10 Å². The minimum atomic E-state index is -0.421. The molecule has 0 bridgehead atoms. The Morgan fingerprint density at radius 3 is 2.37 bits per heavy atom. The van der Waals surface area contributed by atoms with Crippen LogP contribution in [0, 0.1) is 20.8 Å². The number of hydrogen-bond donors (Lipinski definition) is 0. The van der Waals surface area contributed by atoms with Crippen LogP contribution in [0.5, 0.6) is 11.5 Å². The molecule has 1 heterocycles. The van der Waals surface area contributed by atoms with Crippen LogP contribution in [0.4, 0.5) is 0 Å². The minimum absolute atomic E-state index is 0.149. The van der Waals surface area contributed by atoms with Gasteiger partial charge < -0.3 is 14.2 Å². The molecule has 0 amide bonds. The molecule has 0 aliphatic heterocycles. The predicted molar refractivity (Wildman–Crippen MR) is 116 cm³/mol. The molecule has 0 fully saturated rings. The van der Waals surface area contributed by atoms with E-state index in [0.717, 1.165) is 33.8 Å². The summed E-state index contributed by atoms with van der Waals surface area (Å²) in [6.45, 7) is 5.98. The summed E-state index contributed by atoms with van der Waals surface area (Å²) >= 11 is 0. The SMILES string of the molecule is COc1cc(C)c(COC(=O)/C=C/c2c(C)nn(-c3ccccc3)c2C)cc1OC. The van der Waals surface area contributed by atoms with E-state index in [1.54, 1.807) is 20.3 Å². The summed E-state index contributed by atoms with van der Waals surface area (Å²) < 4.78 is 17.9. The molecule has 0 atom stereocenters. The lowest BCUT2D eigenvalue weighted by molar-refractivity contribution is -0.138. The summed E-state index contributed by atoms with van der Waals surface area (Å²) in [5.41, 5.74) is 5.50. The van der Waals surface area contributed by atoms with Crippen LogP contribution in [0.3, 0.4) is 0 Å². The van der Waals surface area contributed by atoms with Gasteiger partial charge >= 0.3 is 5.97 Å². The highest BCUT2D eigenvalue weighted by atomic mass is 16.5. The second kappa shape index (κ2) is 9.31. The van der Waals surface area contributed by atoms with Crippen LogP contribution in [0.25, 0.3) is 11.8 Å². The maximum absolute atomic E-state index is 12.3. The second-order valence-electron chi connectivity index (χ2n) is 6.91. The van der Waals surface area contributed by atoms with Crippen molar-refractivity contribution in [3.63, 3.8) is 0 Å². The largest absolute Gasteiger partial charge is 0.493 e. The standard InChI is InChI=1S/C24H26N2O4/c1-16-13-22(28-4)23(29-5)14-19(16)15-30-24(27)12-11-21-17(2)25-26(18(21)3)20-9-7-6-8-10-20/h6-14H,15H2,1-5H3/b12-11+. The van der Waals surface area contributed by atoms with Gasteiger partial charge in [0.25, 0.3) is 0 Å². The van der Waals surface area contributed by atoms with E-state index in [2.05, 4.69) is 5.10 Å². The highest BCUT2D eigenvalue weighted by Gasteiger charge is 2.12. The van der Waals surface area contributed by atoms with Crippen LogP contribution in [-0.2, 0) is 16.1 Å². The van der Waals surface area contributed by atoms with Crippen LogP contribution in [-0.4, -0.2) is 30.0 Å². The monoisotopic (exact) mass is 406 g/mol. The fourth-order valence-corrected chi connectivity index (χ4v) is 3.24. The molecule has 30 heavy (non-hydrogen) atoms. The Morgan fingerprint density at radius 1 is 1.03 bits per heavy atom. The van der Waals surface area contributed by atoms with Crippen LogP contribution in [0.15, 0.2) is 48.5 Å². The zero-order valence-electron chi connectivity index (χ0n) is 17.9. The van der Waals surface area contributed by atoms with E-state index in [-0.39, 0.29) is 6.61 Å². The molecule has 1 aromatic heterocycles. The summed E-state index contributed by atoms with van der Waals surface area (Å²) in [4.78, 5) is 12.3. The number of hydrogen-bond acceptors (Lipinski definition) is 5. The molecule has 0 spiro atoms. The molecule has 6 heteroatoms. The summed E-state index contributed by atoms with van der Waals surface area (Å²) in [5, 5.41) is 4.59. The smallest absolute Gasteiger partial charge is 0.331 e. The van der Waals surface area contributed by atoms with Gasteiger partial charge in [0.1, 0.15) is 6.61 Å². The molecule has 0 aliphatic carbocycles. The number of rotatable bonds is 7. The molecule has 3 rings (SSSR count). The highest BCUT2D eigenvalue weighted by molar-refractivity contribution is 5.87. The van der Waals surface area contributed by atoms with Gasteiger partial charge in [0, 0.05) is 17.3 Å². The van der Waals surface area contributed by atoms with E-state index in [0.29, 0.717) is 11.5 Å². The number of aryl methyl sites for hydroxylation is 2. The van der Waals surface area contributed by atoms with Gasteiger partial charge in [-0.05, 0) is 62.2 Å². The van der Waals surface area contributed by atoms with Gasteiger partial charge in [0.05, 0.1) is 25.6 Å². The summed E-state index contributed by atoms with van der Waals surface area (Å²) in [5.74, 6) is 0.825. The lowest BCUT2D eigenvalue weighted by Gasteiger charge is -2.12. The predicted octanol–water partition coefficient (Wildman–Crippen LogP) is 4.57. The number of esters is 1. The van der Waals surface area contributed by atoms with Crippen molar-refractivity contribution in [2.75, 3.05) is 14.2 Å². The van der Waals surface area contributed by atoms with Gasteiger partial charge in [-0.3, -0.25) is 0 Å². The van der Waals surface area contributed by atoms with Crippen LogP contribution >= 0.6 is 0 Å². The van der Waals surface area contributed by atoms with Gasteiger partial charge in [0.15, 0.2) is 11.5 Å². The van der Waals surface area contributed by atoms with Crippen molar-refractivity contribution in [2.24, 2.45) is 0 Å². The van der Waals surface area contributed by atoms with Crippen molar-refractivity contribution < 1.29 is 19.0 Å². The number of nitrogens with zero attached hydrogens (tertiary/aromatic N) is 2. The third-order valence-corrected chi connectivity index (χ3v) is 4.95. The molecule has 0 unspecified atom stereocenters. The molecule has 2 aromatic carbocycles. The first-order chi connectivity index (χ1) is 14.4. The first-order valence-corrected chi connectivity index (χ1v) is 9.62. The van der Waals surface area contributed by atoms with E-state index < -0.39 is 5.97 Å². The van der Waals surface area contributed by atoms with Crippen molar-refractivity contribution in [3.05, 3.63) is 76.6 Å². The van der Waals surface area contributed by atoms with E-state index in [9.17, 15) is 4.79 Å². The van der Waals surface area contributed by atoms with Gasteiger partial charge in [0.2, 0.25) is 0 Å². The van der Waals surface area contributed by atoms with Crippen molar-refractivity contribution >= 4 is 12.0 Å². The van der Waals surface area contributed by atoms with E-state index >= 15 is 0 Å². The number of benzene rings is 2. The molecule has 0 saturated carbocycles. The minimum Gasteiger partial charge on any atom is -0.493 e. The van der Waals surface area contributed by atoms with Crippen LogP contribution in [0.2, 0.25) is 0 Å². The zero-order chi connectivity index (χ0) is 21.7. The number of aromatic nitrogens is 2. The zero-order valence-corrected chi connectivity index (χ0v) is 17.9. The lowest BCUT2D eigenvalue weighted by atomic mass is 10.1.